The van der Waals surface area contributed by atoms with E-state index in [9.17, 15) is 18.0 Å². The monoisotopic (exact) mass is 366 g/mol. The van der Waals surface area contributed by atoms with Crippen LogP contribution in [0.1, 0.15) is 41.8 Å². The van der Waals surface area contributed by atoms with Crippen LogP contribution in [-0.2, 0) is 22.1 Å². The van der Waals surface area contributed by atoms with Crippen LogP contribution in [0, 0.1) is 12.7 Å². The van der Waals surface area contributed by atoms with E-state index >= 15 is 0 Å². The topological polar surface area (TPSA) is 82.5 Å². The van der Waals surface area contributed by atoms with E-state index in [1.54, 1.807) is 13.0 Å². The summed E-state index contributed by atoms with van der Waals surface area (Å²) >= 11 is 0. The Labute approximate surface area is 147 Å². The van der Waals surface area contributed by atoms with E-state index < -0.39 is 23.6 Å². The number of aromatic nitrogens is 2. The number of hydrogen-bond donors (Lipinski definition) is 1. The highest BCUT2D eigenvalue weighted by atomic mass is 19.3. The molecule has 0 unspecified atom stereocenters. The average molecular weight is 366 g/mol. The first-order valence-electron chi connectivity index (χ1n) is 7.88. The number of carbonyl (C=O) groups excluding carboxylic acids is 1. The second-order valence-electron chi connectivity index (χ2n) is 6.28. The van der Waals surface area contributed by atoms with Crippen LogP contribution >= 0.6 is 0 Å². The Morgan fingerprint density at radius 2 is 2.08 bits per heavy atom. The molecule has 9 heteroatoms. The maximum absolute atomic E-state index is 13.5. The number of nitrogens with zero attached hydrogens (tertiary/aromatic N) is 3. The fraction of sp³-hybridized carbons (Fsp3) is 0.353. The van der Waals surface area contributed by atoms with Crippen molar-refractivity contribution in [3.8, 4) is 0 Å². The molecule has 6 nitrogen and oxygen atoms in total. The molecule has 1 saturated carbocycles. The summed E-state index contributed by atoms with van der Waals surface area (Å²) < 4.78 is 40.1. The summed E-state index contributed by atoms with van der Waals surface area (Å²) in [6.45, 7) is 1.78. The standard InChI is InChI=1S/C17H17F3N4O2/c1-9-3-4-10(18)7-11(9)17(5-6-17)16(25)26-23-15(21)12-8-13(14(19)20)24(2)22-12/h3-4,7-8,14H,5-6H2,1-2H3,(H2,21,23). The van der Waals surface area contributed by atoms with Crippen LogP contribution < -0.4 is 5.73 Å². The molecule has 1 fully saturated rings. The molecule has 0 bridgehead atoms. The van der Waals surface area contributed by atoms with Gasteiger partial charge in [-0.2, -0.15) is 5.10 Å². The first kappa shape index (κ1) is 18.0. The molecule has 3 rings (SSSR count). The van der Waals surface area contributed by atoms with Crippen LogP contribution in [0.25, 0.3) is 0 Å². The quantitative estimate of drug-likeness (QED) is 0.382. The minimum absolute atomic E-state index is 0.0256. The molecule has 0 radical (unpaired) electrons. The fourth-order valence-electron chi connectivity index (χ4n) is 2.85. The van der Waals surface area contributed by atoms with Gasteiger partial charge in [0.15, 0.2) is 5.84 Å². The van der Waals surface area contributed by atoms with E-state index in [4.69, 9.17) is 10.6 Å². The van der Waals surface area contributed by atoms with E-state index in [1.807, 2.05) is 0 Å². The maximum atomic E-state index is 13.5. The molecule has 0 spiro atoms. The van der Waals surface area contributed by atoms with Gasteiger partial charge < -0.3 is 10.6 Å². The SMILES string of the molecule is Cc1ccc(F)cc1C1(C(=O)O/N=C(\N)c2cc(C(F)F)n(C)n2)CC1. The number of aryl methyl sites for hydroxylation is 2. The fourth-order valence-corrected chi connectivity index (χ4v) is 2.85. The lowest BCUT2D eigenvalue weighted by Gasteiger charge is -2.15. The lowest BCUT2D eigenvalue weighted by molar-refractivity contribution is -0.146. The van der Waals surface area contributed by atoms with Crippen LogP contribution in [0.5, 0.6) is 0 Å². The van der Waals surface area contributed by atoms with E-state index in [-0.39, 0.29) is 17.2 Å². The molecular formula is C17H17F3N4O2. The number of amidine groups is 1. The lowest BCUT2D eigenvalue weighted by atomic mass is 9.92. The number of carbonyl (C=O) groups is 1. The van der Waals surface area contributed by atoms with Crippen molar-refractivity contribution in [2.75, 3.05) is 0 Å². The second kappa shape index (κ2) is 6.47. The number of nitrogens with two attached hydrogens (primary N) is 1. The minimum atomic E-state index is -2.72. The highest BCUT2D eigenvalue weighted by Gasteiger charge is 2.54. The van der Waals surface area contributed by atoms with Gasteiger partial charge in [0.25, 0.3) is 6.43 Å². The molecule has 1 aromatic carbocycles. The summed E-state index contributed by atoms with van der Waals surface area (Å²) in [7, 11) is 1.34. The van der Waals surface area contributed by atoms with E-state index in [1.165, 1.54) is 19.2 Å². The molecule has 2 N–H and O–H groups in total. The Morgan fingerprint density at radius 3 is 2.65 bits per heavy atom. The number of rotatable bonds is 5. The lowest BCUT2D eigenvalue weighted by Crippen LogP contribution is -2.24. The molecule has 1 aliphatic carbocycles. The van der Waals surface area contributed by atoms with Crippen molar-refractivity contribution in [3.63, 3.8) is 0 Å². The molecule has 0 aliphatic heterocycles. The Balaban J connectivity index is 1.79. The third-order valence-corrected chi connectivity index (χ3v) is 4.48. The third kappa shape index (κ3) is 3.16. The highest BCUT2D eigenvalue weighted by Crippen LogP contribution is 2.50. The van der Waals surface area contributed by atoms with Gasteiger partial charge in [-0.25, -0.2) is 18.0 Å². The number of alkyl halides is 2. The zero-order valence-electron chi connectivity index (χ0n) is 14.2. The van der Waals surface area contributed by atoms with Gasteiger partial charge in [-0.1, -0.05) is 11.2 Å². The summed E-state index contributed by atoms with van der Waals surface area (Å²) in [5, 5.41) is 7.33. The zero-order chi connectivity index (χ0) is 19.1. The Kier molecular flexibility index (Phi) is 4.47. The van der Waals surface area contributed by atoms with Crippen LogP contribution in [-0.4, -0.2) is 21.6 Å². The van der Waals surface area contributed by atoms with Crippen LogP contribution in [0.15, 0.2) is 29.4 Å². The van der Waals surface area contributed by atoms with Gasteiger partial charge in [0.1, 0.15) is 17.2 Å². The van der Waals surface area contributed by atoms with Crippen molar-refractivity contribution in [1.82, 2.24) is 9.78 Å². The Hall–Kier alpha value is -2.84. The molecule has 1 aliphatic rings. The van der Waals surface area contributed by atoms with Crippen molar-refractivity contribution in [3.05, 3.63) is 52.6 Å². The first-order chi connectivity index (χ1) is 12.2. The summed E-state index contributed by atoms with van der Waals surface area (Å²) in [5.41, 5.74) is 5.68. The van der Waals surface area contributed by atoms with Crippen LogP contribution in [0.4, 0.5) is 13.2 Å². The van der Waals surface area contributed by atoms with Gasteiger partial charge in [-0.15, -0.1) is 0 Å². The molecule has 26 heavy (non-hydrogen) atoms. The first-order valence-corrected chi connectivity index (χ1v) is 7.88. The van der Waals surface area contributed by atoms with Crippen LogP contribution in [0.2, 0.25) is 0 Å². The van der Waals surface area contributed by atoms with Gasteiger partial charge in [0.2, 0.25) is 0 Å². The van der Waals surface area contributed by atoms with Gasteiger partial charge in [-0.05, 0) is 49.1 Å². The highest BCUT2D eigenvalue weighted by molar-refractivity contribution is 5.96. The largest absolute Gasteiger partial charge is 0.379 e. The van der Waals surface area contributed by atoms with Crippen LogP contribution in [0.3, 0.4) is 0 Å². The van der Waals surface area contributed by atoms with Crippen molar-refractivity contribution >= 4 is 11.8 Å². The van der Waals surface area contributed by atoms with E-state index in [2.05, 4.69) is 10.3 Å². The van der Waals surface area contributed by atoms with Gasteiger partial charge >= 0.3 is 5.97 Å². The average Bonchev–Trinajstić information content (AvgIpc) is 3.30. The van der Waals surface area contributed by atoms with E-state index in [0.29, 0.717) is 18.4 Å². The normalized spacial score (nSPS) is 16.0. The number of hydrogen-bond acceptors (Lipinski definition) is 4. The molecule has 138 valence electrons. The molecule has 1 heterocycles. The third-order valence-electron chi connectivity index (χ3n) is 4.48. The predicted molar refractivity (Wildman–Crippen MR) is 87.0 cm³/mol. The minimum Gasteiger partial charge on any atom is -0.379 e. The summed E-state index contributed by atoms with van der Waals surface area (Å²) in [6, 6.07) is 5.29. The molecule has 0 atom stereocenters. The van der Waals surface area contributed by atoms with Gasteiger partial charge in [0, 0.05) is 7.05 Å². The van der Waals surface area contributed by atoms with Crippen molar-refractivity contribution in [2.24, 2.45) is 17.9 Å². The number of benzene rings is 1. The molecule has 0 amide bonds. The molecule has 2 aromatic rings. The zero-order valence-corrected chi connectivity index (χ0v) is 14.2. The predicted octanol–water partition coefficient (Wildman–Crippen LogP) is 2.70. The van der Waals surface area contributed by atoms with E-state index in [0.717, 1.165) is 16.3 Å². The number of halogens is 3. The molecule has 1 aromatic heterocycles. The second-order valence-corrected chi connectivity index (χ2v) is 6.28. The summed E-state index contributed by atoms with van der Waals surface area (Å²) in [4.78, 5) is 17.4. The van der Waals surface area contributed by atoms with Crippen molar-refractivity contribution < 1.29 is 22.8 Å². The Morgan fingerprint density at radius 1 is 1.38 bits per heavy atom. The molecular weight excluding hydrogens is 349 g/mol. The number of oxime groups is 1. The van der Waals surface area contributed by atoms with Gasteiger partial charge in [0.05, 0.1) is 5.41 Å². The Bertz CT molecular complexity index is 888. The van der Waals surface area contributed by atoms with Gasteiger partial charge in [-0.3, -0.25) is 4.68 Å². The smallest absolute Gasteiger partial charge is 0.345 e. The maximum Gasteiger partial charge on any atom is 0.345 e. The van der Waals surface area contributed by atoms with Crippen molar-refractivity contribution in [2.45, 2.75) is 31.6 Å². The molecule has 0 saturated heterocycles. The summed E-state index contributed by atoms with van der Waals surface area (Å²) in [6.07, 6.45) is -1.71. The van der Waals surface area contributed by atoms with Crippen molar-refractivity contribution in [1.29, 1.82) is 0 Å². The summed E-state index contributed by atoms with van der Waals surface area (Å²) in [5.74, 6) is -1.41.